The Morgan fingerprint density at radius 1 is 1.67 bits per heavy atom. The van der Waals surface area contributed by atoms with Crippen molar-refractivity contribution in [1.29, 1.82) is 0 Å². The van der Waals surface area contributed by atoms with Crippen molar-refractivity contribution in [1.82, 2.24) is 20.0 Å². The molecule has 7 heteroatoms. The number of aromatic nitrogens is 2. The predicted molar refractivity (Wildman–Crippen MR) is 62.7 cm³/mol. The van der Waals surface area contributed by atoms with E-state index in [9.17, 15) is 9.59 Å². The highest BCUT2D eigenvalue weighted by molar-refractivity contribution is 5.83. The molecule has 1 aromatic rings. The number of amides is 1. The predicted octanol–water partition coefficient (Wildman–Crippen LogP) is -0.712. The number of piperazine rings is 1. The van der Waals surface area contributed by atoms with Gasteiger partial charge in [-0.15, -0.1) is 0 Å². The number of nitrogens with one attached hydrogen (secondary N) is 1. The van der Waals surface area contributed by atoms with E-state index in [-0.39, 0.29) is 19.0 Å². The molecular formula is C11H16N4O3. The minimum atomic E-state index is -0.919. The molecule has 1 saturated heterocycles. The van der Waals surface area contributed by atoms with Crippen LogP contribution < -0.4 is 5.32 Å². The molecule has 1 aliphatic heterocycles. The van der Waals surface area contributed by atoms with E-state index in [1.807, 2.05) is 13.1 Å². The molecule has 1 fully saturated rings. The van der Waals surface area contributed by atoms with Gasteiger partial charge in [0.25, 0.3) is 0 Å². The van der Waals surface area contributed by atoms with E-state index < -0.39 is 12.0 Å². The van der Waals surface area contributed by atoms with E-state index in [1.165, 1.54) is 0 Å². The van der Waals surface area contributed by atoms with Crippen molar-refractivity contribution in [3.8, 4) is 0 Å². The molecule has 0 bridgehead atoms. The SMILES string of the molecule is CCn1cc(CN2CC(=O)NCC2C(=O)O)cn1. The summed E-state index contributed by atoms with van der Waals surface area (Å²) < 4.78 is 1.77. The first-order chi connectivity index (χ1) is 8.60. The highest BCUT2D eigenvalue weighted by Gasteiger charge is 2.31. The molecule has 1 aromatic heterocycles. The lowest BCUT2D eigenvalue weighted by atomic mass is 10.1. The average Bonchev–Trinajstić information content (AvgIpc) is 2.76. The lowest BCUT2D eigenvalue weighted by molar-refractivity contribution is -0.146. The Balaban J connectivity index is 2.08. The first-order valence-corrected chi connectivity index (χ1v) is 5.85. The van der Waals surface area contributed by atoms with Gasteiger partial charge in [-0.05, 0) is 6.92 Å². The third-order valence-corrected chi connectivity index (χ3v) is 2.96. The molecule has 1 aliphatic rings. The zero-order chi connectivity index (χ0) is 13.1. The molecule has 1 unspecified atom stereocenters. The summed E-state index contributed by atoms with van der Waals surface area (Å²) in [7, 11) is 0. The molecule has 0 saturated carbocycles. The number of aryl methyl sites for hydroxylation is 1. The van der Waals surface area contributed by atoms with Crippen LogP contribution in [0.15, 0.2) is 12.4 Å². The van der Waals surface area contributed by atoms with Crippen molar-refractivity contribution in [3.05, 3.63) is 18.0 Å². The van der Waals surface area contributed by atoms with Crippen molar-refractivity contribution in [3.63, 3.8) is 0 Å². The smallest absolute Gasteiger partial charge is 0.322 e. The fourth-order valence-electron chi connectivity index (χ4n) is 2.00. The fraction of sp³-hybridized carbons (Fsp3) is 0.545. The quantitative estimate of drug-likeness (QED) is 0.739. The lowest BCUT2D eigenvalue weighted by Gasteiger charge is -2.32. The first-order valence-electron chi connectivity index (χ1n) is 5.85. The highest BCUT2D eigenvalue weighted by atomic mass is 16.4. The second-order valence-corrected chi connectivity index (χ2v) is 4.27. The zero-order valence-electron chi connectivity index (χ0n) is 10.2. The fourth-order valence-corrected chi connectivity index (χ4v) is 2.00. The zero-order valence-corrected chi connectivity index (χ0v) is 10.2. The summed E-state index contributed by atoms with van der Waals surface area (Å²) in [6.45, 7) is 3.42. The maximum absolute atomic E-state index is 11.3. The summed E-state index contributed by atoms with van der Waals surface area (Å²) in [6.07, 6.45) is 3.57. The Morgan fingerprint density at radius 2 is 2.44 bits per heavy atom. The number of carbonyl (C=O) groups is 2. The van der Waals surface area contributed by atoms with Crippen molar-refractivity contribution in [2.75, 3.05) is 13.1 Å². The Labute approximate surface area is 104 Å². The summed E-state index contributed by atoms with van der Waals surface area (Å²) in [6, 6.07) is -0.673. The number of hydrogen-bond donors (Lipinski definition) is 2. The number of nitrogens with zero attached hydrogens (tertiary/aromatic N) is 3. The second-order valence-electron chi connectivity index (χ2n) is 4.27. The van der Waals surface area contributed by atoms with Crippen LogP contribution in [0, 0.1) is 0 Å². The van der Waals surface area contributed by atoms with Gasteiger partial charge in [-0.25, -0.2) is 0 Å². The van der Waals surface area contributed by atoms with E-state index >= 15 is 0 Å². The van der Waals surface area contributed by atoms with E-state index in [0.717, 1.165) is 12.1 Å². The van der Waals surface area contributed by atoms with Crippen LogP contribution >= 0.6 is 0 Å². The molecule has 0 spiro atoms. The minimum absolute atomic E-state index is 0.105. The molecule has 1 atom stereocenters. The number of rotatable bonds is 4. The maximum atomic E-state index is 11.3. The van der Waals surface area contributed by atoms with Gasteiger partial charge < -0.3 is 10.4 Å². The molecule has 2 N–H and O–H groups in total. The van der Waals surface area contributed by atoms with Crippen LogP contribution in [0.25, 0.3) is 0 Å². The summed E-state index contributed by atoms with van der Waals surface area (Å²) in [4.78, 5) is 24.1. The topological polar surface area (TPSA) is 87.5 Å². The molecule has 0 aromatic carbocycles. The van der Waals surface area contributed by atoms with Crippen LogP contribution in [0.2, 0.25) is 0 Å². The van der Waals surface area contributed by atoms with Crippen LogP contribution in [-0.4, -0.2) is 50.8 Å². The molecule has 0 aliphatic carbocycles. The molecule has 18 heavy (non-hydrogen) atoms. The maximum Gasteiger partial charge on any atom is 0.322 e. The summed E-state index contributed by atoms with van der Waals surface area (Å²) >= 11 is 0. The van der Waals surface area contributed by atoms with Gasteiger partial charge >= 0.3 is 5.97 Å². The molecule has 2 rings (SSSR count). The molecule has 2 heterocycles. The Bertz CT molecular complexity index is 457. The molecular weight excluding hydrogens is 236 g/mol. The standard InChI is InChI=1S/C11H16N4O3/c1-2-15-6-8(3-13-15)5-14-7-10(16)12-4-9(14)11(17)18/h3,6,9H,2,4-5,7H2,1H3,(H,12,16)(H,17,18). The summed E-state index contributed by atoms with van der Waals surface area (Å²) in [5.74, 6) is -1.06. The van der Waals surface area contributed by atoms with Gasteiger partial charge in [-0.1, -0.05) is 0 Å². The number of carbonyl (C=O) groups excluding carboxylic acids is 1. The molecule has 98 valence electrons. The largest absolute Gasteiger partial charge is 0.480 e. The van der Waals surface area contributed by atoms with E-state index in [0.29, 0.717) is 6.54 Å². The third kappa shape index (κ3) is 2.67. The second kappa shape index (κ2) is 5.18. The van der Waals surface area contributed by atoms with Crippen LogP contribution in [-0.2, 0) is 22.7 Å². The Morgan fingerprint density at radius 3 is 3.06 bits per heavy atom. The number of hydrogen-bond acceptors (Lipinski definition) is 4. The first kappa shape index (κ1) is 12.6. The van der Waals surface area contributed by atoms with Gasteiger partial charge in [0.1, 0.15) is 6.04 Å². The van der Waals surface area contributed by atoms with Gasteiger partial charge in [0.05, 0.1) is 12.7 Å². The third-order valence-electron chi connectivity index (χ3n) is 2.96. The Kier molecular flexibility index (Phi) is 3.61. The van der Waals surface area contributed by atoms with E-state index in [2.05, 4.69) is 10.4 Å². The molecule has 0 radical (unpaired) electrons. The van der Waals surface area contributed by atoms with Gasteiger partial charge in [0.2, 0.25) is 5.91 Å². The average molecular weight is 252 g/mol. The minimum Gasteiger partial charge on any atom is -0.480 e. The van der Waals surface area contributed by atoms with Crippen molar-refractivity contribution >= 4 is 11.9 Å². The van der Waals surface area contributed by atoms with Gasteiger partial charge in [-0.3, -0.25) is 19.2 Å². The Hall–Kier alpha value is -1.89. The van der Waals surface area contributed by atoms with Gasteiger partial charge in [-0.2, -0.15) is 5.10 Å². The van der Waals surface area contributed by atoms with Crippen molar-refractivity contribution in [2.45, 2.75) is 26.1 Å². The van der Waals surface area contributed by atoms with Gasteiger partial charge in [0, 0.05) is 31.4 Å². The lowest BCUT2D eigenvalue weighted by Crippen LogP contribution is -2.56. The number of aliphatic carboxylic acids is 1. The number of carboxylic acids is 1. The number of carboxylic acid groups (broad SMARTS) is 1. The van der Waals surface area contributed by atoms with Crippen LogP contribution in [0.4, 0.5) is 0 Å². The summed E-state index contributed by atoms with van der Waals surface area (Å²) in [5, 5.41) is 15.8. The molecule has 1 amide bonds. The normalized spacial score (nSPS) is 20.7. The highest BCUT2D eigenvalue weighted by Crippen LogP contribution is 2.10. The monoisotopic (exact) mass is 252 g/mol. The van der Waals surface area contributed by atoms with Crippen LogP contribution in [0.1, 0.15) is 12.5 Å². The molecule has 7 nitrogen and oxygen atoms in total. The van der Waals surface area contributed by atoms with E-state index in [4.69, 9.17) is 5.11 Å². The van der Waals surface area contributed by atoms with E-state index in [1.54, 1.807) is 15.8 Å². The van der Waals surface area contributed by atoms with Crippen molar-refractivity contribution in [2.24, 2.45) is 0 Å². The van der Waals surface area contributed by atoms with Crippen LogP contribution in [0.5, 0.6) is 0 Å². The van der Waals surface area contributed by atoms with Gasteiger partial charge in [0.15, 0.2) is 0 Å². The van der Waals surface area contributed by atoms with Crippen molar-refractivity contribution < 1.29 is 14.7 Å². The summed E-state index contributed by atoms with van der Waals surface area (Å²) in [5.41, 5.74) is 0.915. The van der Waals surface area contributed by atoms with Crippen LogP contribution in [0.3, 0.4) is 0 Å².